The van der Waals surface area contributed by atoms with Crippen molar-refractivity contribution in [3.63, 3.8) is 0 Å². The molecule has 0 aromatic heterocycles. The molecule has 1 aromatic carbocycles. The van der Waals surface area contributed by atoms with Gasteiger partial charge in [0, 0.05) is 6.42 Å². The van der Waals surface area contributed by atoms with Crippen LogP contribution in [0.5, 0.6) is 5.75 Å². The Morgan fingerprint density at radius 3 is 2.86 bits per heavy atom. The van der Waals surface area contributed by atoms with E-state index in [1.807, 2.05) is 30.3 Å². The molecule has 0 aliphatic carbocycles. The van der Waals surface area contributed by atoms with Crippen molar-refractivity contribution in [3.05, 3.63) is 30.3 Å². The van der Waals surface area contributed by atoms with Crippen molar-refractivity contribution in [2.45, 2.75) is 45.1 Å². The number of esters is 1. The normalized spacial score (nSPS) is 16.8. The highest BCUT2D eigenvalue weighted by atomic mass is 16.6. The maximum Gasteiger partial charge on any atom is 0.356 e. The van der Waals surface area contributed by atoms with E-state index in [0.717, 1.165) is 38.0 Å². The van der Waals surface area contributed by atoms with Gasteiger partial charge in [0.25, 0.3) is 0 Å². The number of hydrogen-bond acceptors (Lipinski definition) is 5. The Bertz CT molecular complexity index is 487. The van der Waals surface area contributed by atoms with Gasteiger partial charge in [-0.1, -0.05) is 23.4 Å². The molecule has 0 N–H and O–H groups in total. The number of rotatable bonds is 9. The SMILES string of the molecule is CCOC(=O)C1=NOC(CCCCCOc2ccccc2)C1. The monoisotopic (exact) mass is 305 g/mol. The Morgan fingerprint density at radius 1 is 1.27 bits per heavy atom. The molecule has 0 spiro atoms. The summed E-state index contributed by atoms with van der Waals surface area (Å²) in [5, 5.41) is 3.81. The topological polar surface area (TPSA) is 57.1 Å². The molecule has 1 unspecified atom stereocenters. The van der Waals surface area contributed by atoms with Crippen molar-refractivity contribution in [2.75, 3.05) is 13.2 Å². The van der Waals surface area contributed by atoms with E-state index in [4.69, 9.17) is 14.3 Å². The van der Waals surface area contributed by atoms with Gasteiger partial charge in [-0.05, 0) is 44.7 Å². The van der Waals surface area contributed by atoms with Crippen molar-refractivity contribution < 1.29 is 19.1 Å². The molecule has 1 heterocycles. The van der Waals surface area contributed by atoms with Crippen LogP contribution < -0.4 is 4.74 Å². The molecule has 5 heteroatoms. The van der Waals surface area contributed by atoms with Crippen LogP contribution in [0.4, 0.5) is 0 Å². The molecule has 1 aliphatic rings. The number of para-hydroxylation sites is 1. The van der Waals surface area contributed by atoms with Crippen LogP contribution in [0.15, 0.2) is 35.5 Å². The van der Waals surface area contributed by atoms with Gasteiger partial charge in [0.1, 0.15) is 11.9 Å². The summed E-state index contributed by atoms with van der Waals surface area (Å²) in [7, 11) is 0. The van der Waals surface area contributed by atoms with E-state index < -0.39 is 0 Å². The number of carbonyl (C=O) groups is 1. The molecule has 5 nitrogen and oxygen atoms in total. The van der Waals surface area contributed by atoms with Crippen LogP contribution in [0.3, 0.4) is 0 Å². The van der Waals surface area contributed by atoms with Gasteiger partial charge in [-0.3, -0.25) is 0 Å². The Balaban J connectivity index is 1.51. The molecule has 1 aliphatic heterocycles. The van der Waals surface area contributed by atoms with Gasteiger partial charge in [0.2, 0.25) is 0 Å². The van der Waals surface area contributed by atoms with Crippen molar-refractivity contribution in [3.8, 4) is 5.75 Å². The number of carbonyl (C=O) groups excluding carboxylic acids is 1. The minimum Gasteiger partial charge on any atom is -0.494 e. The smallest absolute Gasteiger partial charge is 0.356 e. The van der Waals surface area contributed by atoms with E-state index >= 15 is 0 Å². The molecule has 0 fully saturated rings. The van der Waals surface area contributed by atoms with Crippen molar-refractivity contribution in [2.24, 2.45) is 5.16 Å². The van der Waals surface area contributed by atoms with Crippen LogP contribution in [0.2, 0.25) is 0 Å². The number of benzene rings is 1. The third-order valence-electron chi connectivity index (χ3n) is 3.43. The zero-order valence-corrected chi connectivity index (χ0v) is 13.0. The zero-order valence-electron chi connectivity index (χ0n) is 13.0. The minimum atomic E-state index is -0.360. The predicted molar refractivity (Wildman–Crippen MR) is 84.0 cm³/mol. The highest BCUT2D eigenvalue weighted by molar-refractivity contribution is 6.36. The molecule has 22 heavy (non-hydrogen) atoms. The van der Waals surface area contributed by atoms with Gasteiger partial charge in [0.05, 0.1) is 13.2 Å². The van der Waals surface area contributed by atoms with Crippen LogP contribution in [0, 0.1) is 0 Å². The van der Waals surface area contributed by atoms with Gasteiger partial charge < -0.3 is 14.3 Å². The molecule has 0 bridgehead atoms. The van der Waals surface area contributed by atoms with Crippen LogP contribution in [0.1, 0.15) is 39.0 Å². The minimum absolute atomic E-state index is 0.00875. The van der Waals surface area contributed by atoms with Crippen molar-refractivity contribution in [1.29, 1.82) is 0 Å². The van der Waals surface area contributed by atoms with Gasteiger partial charge in [-0.25, -0.2) is 4.79 Å². The molecular formula is C17H23NO4. The van der Waals surface area contributed by atoms with E-state index in [1.165, 1.54) is 0 Å². The standard InChI is InChI=1S/C17H23NO4/c1-2-20-17(19)16-13-15(22-18-16)11-7-4-8-12-21-14-9-5-3-6-10-14/h3,5-6,9-10,15H,2,4,7-8,11-13H2,1H3. The number of hydrogen-bond donors (Lipinski definition) is 0. The van der Waals surface area contributed by atoms with Gasteiger partial charge in [0.15, 0.2) is 5.71 Å². The lowest BCUT2D eigenvalue weighted by atomic mass is 10.1. The van der Waals surface area contributed by atoms with Crippen LogP contribution >= 0.6 is 0 Å². The van der Waals surface area contributed by atoms with Gasteiger partial charge in [-0.2, -0.15) is 0 Å². The Kier molecular flexibility index (Phi) is 6.74. The molecular weight excluding hydrogens is 282 g/mol. The van der Waals surface area contributed by atoms with E-state index in [9.17, 15) is 4.79 Å². The van der Waals surface area contributed by atoms with E-state index in [1.54, 1.807) is 6.92 Å². The lowest BCUT2D eigenvalue weighted by Gasteiger charge is -2.08. The Labute approximate surface area is 131 Å². The first-order valence-electron chi connectivity index (χ1n) is 7.87. The lowest BCUT2D eigenvalue weighted by molar-refractivity contribution is -0.135. The first kappa shape index (κ1) is 16.3. The van der Waals surface area contributed by atoms with Crippen LogP contribution in [0.25, 0.3) is 0 Å². The molecule has 1 aromatic rings. The molecule has 0 amide bonds. The lowest BCUT2D eigenvalue weighted by Crippen LogP contribution is -2.18. The summed E-state index contributed by atoms with van der Waals surface area (Å²) in [5.74, 6) is 0.551. The van der Waals surface area contributed by atoms with E-state index in [2.05, 4.69) is 5.16 Å². The largest absolute Gasteiger partial charge is 0.494 e. The summed E-state index contributed by atoms with van der Waals surface area (Å²) < 4.78 is 10.5. The van der Waals surface area contributed by atoms with Crippen molar-refractivity contribution >= 4 is 11.7 Å². The summed E-state index contributed by atoms with van der Waals surface area (Å²) in [6, 6.07) is 9.82. The first-order valence-corrected chi connectivity index (χ1v) is 7.87. The fourth-order valence-electron chi connectivity index (χ4n) is 2.28. The summed E-state index contributed by atoms with van der Waals surface area (Å²) >= 11 is 0. The highest BCUT2D eigenvalue weighted by Crippen LogP contribution is 2.18. The second kappa shape index (κ2) is 9.07. The Hall–Kier alpha value is -2.04. The van der Waals surface area contributed by atoms with Gasteiger partial charge in [-0.15, -0.1) is 0 Å². The second-order valence-corrected chi connectivity index (χ2v) is 5.20. The molecule has 0 radical (unpaired) electrons. The quantitative estimate of drug-likeness (QED) is 0.518. The maximum absolute atomic E-state index is 11.5. The fraction of sp³-hybridized carbons (Fsp3) is 0.529. The average molecular weight is 305 g/mol. The summed E-state index contributed by atoms with van der Waals surface area (Å²) in [6.07, 6.45) is 4.58. The molecule has 0 saturated carbocycles. The fourth-order valence-corrected chi connectivity index (χ4v) is 2.28. The number of nitrogens with zero attached hydrogens (tertiary/aromatic N) is 1. The Morgan fingerprint density at radius 2 is 2.09 bits per heavy atom. The third-order valence-corrected chi connectivity index (χ3v) is 3.43. The molecule has 2 rings (SSSR count). The zero-order chi connectivity index (χ0) is 15.6. The van der Waals surface area contributed by atoms with Crippen LogP contribution in [-0.4, -0.2) is 31.0 Å². The maximum atomic E-state index is 11.5. The highest BCUT2D eigenvalue weighted by Gasteiger charge is 2.26. The summed E-state index contributed by atoms with van der Waals surface area (Å²) in [5.41, 5.74) is 0.402. The third kappa shape index (κ3) is 5.39. The number of ether oxygens (including phenoxy) is 2. The number of oxime groups is 1. The predicted octanol–water partition coefficient (Wildman–Crippen LogP) is 3.33. The number of unbranched alkanes of at least 4 members (excludes halogenated alkanes) is 2. The second-order valence-electron chi connectivity index (χ2n) is 5.20. The molecule has 120 valence electrons. The summed E-state index contributed by atoms with van der Waals surface area (Å²) in [6.45, 7) is 2.87. The van der Waals surface area contributed by atoms with E-state index in [0.29, 0.717) is 18.7 Å². The molecule has 1 atom stereocenters. The van der Waals surface area contributed by atoms with Crippen molar-refractivity contribution in [1.82, 2.24) is 0 Å². The van der Waals surface area contributed by atoms with E-state index in [-0.39, 0.29) is 12.1 Å². The van der Waals surface area contributed by atoms with Gasteiger partial charge >= 0.3 is 5.97 Å². The van der Waals surface area contributed by atoms with Crippen LogP contribution in [-0.2, 0) is 14.4 Å². The first-order chi connectivity index (χ1) is 10.8. The summed E-state index contributed by atoms with van der Waals surface area (Å²) in [4.78, 5) is 16.8. The molecule has 0 saturated heterocycles. The average Bonchev–Trinajstić information content (AvgIpc) is 3.01.